The van der Waals surface area contributed by atoms with Crippen LogP contribution in [0.2, 0.25) is 0 Å². The van der Waals surface area contributed by atoms with Crippen molar-refractivity contribution in [1.82, 2.24) is 0 Å². The van der Waals surface area contributed by atoms with Crippen molar-refractivity contribution in [1.29, 1.82) is 0 Å². The molecule has 1 amide bonds. The topological polar surface area (TPSA) is 46.3 Å². The quantitative estimate of drug-likeness (QED) is 0.820. The zero-order valence-corrected chi connectivity index (χ0v) is 11.5. The molecule has 0 aliphatic carbocycles. The van der Waals surface area contributed by atoms with Crippen molar-refractivity contribution < 1.29 is 9.18 Å². The van der Waals surface area contributed by atoms with Gasteiger partial charge in [0.05, 0.1) is 11.4 Å². The number of fused-ring (bicyclic) bond motifs is 1. The molecule has 0 spiro atoms. The Balaban J connectivity index is 1.97. The highest BCUT2D eigenvalue weighted by atomic mass is 32.2. The average molecular weight is 288 g/mol. The summed E-state index contributed by atoms with van der Waals surface area (Å²) in [5, 5.41) is 0. The van der Waals surface area contributed by atoms with E-state index in [2.05, 4.69) is 0 Å². The summed E-state index contributed by atoms with van der Waals surface area (Å²) in [7, 11) is 0. The number of carbonyl (C=O) groups is 1. The second-order valence-corrected chi connectivity index (χ2v) is 5.65. The molecule has 1 aliphatic heterocycles. The van der Waals surface area contributed by atoms with Crippen molar-refractivity contribution in [3.8, 4) is 0 Å². The maximum atomic E-state index is 13.2. The number of para-hydroxylation sites is 1. The van der Waals surface area contributed by atoms with Crippen LogP contribution >= 0.6 is 11.8 Å². The van der Waals surface area contributed by atoms with Crippen LogP contribution in [0.3, 0.4) is 0 Å². The SMILES string of the molecule is Nc1cc(C(=O)N2CCSc3ccccc32)ccc1F. The van der Waals surface area contributed by atoms with E-state index in [-0.39, 0.29) is 11.6 Å². The maximum absolute atomic E-state index is 13.2. The minimum atomic E-state index is -0.504. The van der Waals surface area contributed by atoms with E-state index < -0.39 is 5.82 Å². The summed E-state index contributed by atoms with van der Waals surface area (Å²) < 4.78 is 13.2. The monoisotopic (exact) mass is 288 g/mol. The number of amides is 1. The van der Waals surface area contributed by atoms with E-state index in [1.807, 2.05) is 24.3 Å². The first kappa shape index (κ1) is 13.0. The summed E-state index contributed by atoms with van der Waals surface area (Å²) in [5.74, 6) is 0.194. The van der Waals surface area contributed by atoms with Crippen molar-refractivity contribution in [2.45, 2.75) is 4.90 Å². The van der Waals surface area contributed by atoms with E-state index in [4.69, 9.17) is 5.73 Å². The van der Waals surface area contributed by atoms with Gasteiger partial charge in [-0.2, -0.15) is 0 Å². The fourth-order valence-electron chi connectivity index (χ4n) is 2.21. The lowest BCUT2D eigenvalue weighted by molar-refractivity contribution is 0.0987. The molecule has 0 saturated heterocycles. The summed E-state index contributed by atoms with van der Waals surface area (Å²) in [4.78, 5) is 15.4. The lowest BCUT2D eigenvalue weighted by Crippen LogP contribution is -2.35. The molecule has 20 heavy (non-hydrogen) atoms. The highest BCUT2D eigenvalue weighted by Crippen LogP contribution is 2.35. The highest BCUT2D eigenvalue weighted by molar-refractivity contribution is 7.99. The van der Waals surface area contributed by atoms with Crippen LogP contribution in [0.1, 0.15) is 10.4 Å². The minimum Gasteiger partial charge on any atom is -0.396 e. The lowest BCUT2D eigenvalue weighted by Gasteiger charge is -2.29. The van der Waals surface area contributed by atoms with E-state index in [0.717, 1.165) is 16.3 Å². The van der Waals surface area contributed by atoms with Crippen molar-refractivity contribution in [3.05, 3.63) is 53.8 Å². The minimum absolute atomic E-state index is 0.00415. The third-order valence-corrected chi connectivity index (χ3v) is 4.26. The van der Waals surface area contributed by atoms with E-state index >= 15 is 0 Å². The number of nitrogens with zero attached hydrogens (tertiary/aromatic N) is 1. The number of nitrogen functional groups attached to an aromatic ring is 1. The number of hydrogen-bond donors (Lipinski definition) is 1. The molecule has 0 bridgehead atoms. The van der Waals surface area contributed by atoms with Crippen LogP contribution in [0.15, 0.2) is 47.4 Å². The Hall–Kier alpha value is -2.01. The number of hydrogen-bond acceptors (Lipinski definition) is 3. The molecule has 1 heterocycles. The van der Waals surface area contributed by atoms with Gasteiger partial charge in [-0.1, -0.05) is 12.1 Å². The van der Waals surface area contributed by atoms with Crippen molar-refractivity contribution in [3.63, 3.8) is 0 Å². The fraction of sp³-hybridized carbons (Fsp3) is 0.133. The molecule has 3 rings (SSSR count). The van der Waals surface area contributed by atoms with Crippen LogP contribution in [-0.2, 0) is 0 Å². The molecule has 102 valence electrons. The van der Waals surface area contributed by atoms with Gasteiger partial charge in [-0.3, -0.25) is 4.79 Å². The van der Waals surface area contributed by atoms with Gasteiger partial charge >= 0.3 is 0 Å². The molecule has 0 unspecified atom stereocenters. The van der Waals surface area contributed by atoms with Gasteiger partial charge in [-0.15, -0.1) is 11.8 Å². The van der Waals surface area contributed by atoms with Crippen molar-refractivity contribution >= 4 is 29.0 Å². The van der Waals surface area contributed by atoms with Gasteiger partial charge in [0, 0.05) is 22.8 Å². The Morgan fingerprint density at radius 1 is 1.25 bits per heavy atom. The fourth-order valence-corrected chi connectivity index (χ4v) is 3.21. The van der Waals surface area contributed by atoms with Gasteiger partial charge in [0.1, 0.15) is 5.82 Å². The van der Waals surface area contributed by atoms with E-state index in [0.29, 0.717) is 12.1 Å². The standard InChI is InChI=1S/C15H13FN2OS/c16-11-6-5-10(9-12(11)17)15(19)18-7-8-20-14-4-2-1-3-13(14)18/h1-6,9H,7-8,17H2. The highest BCUT2D eigenvalue weighted by Gasteiger charge is 2.23. The molecule has 0 aromatic heterocycles. The number of halogens is 1. The predicted molar refractivity (Wildman–Crippen MR) is 79.7 cm³/mol. The molecular formula is C15H13FN2OS. The zero-order chi connectivity index (χ0) is 14.1. The van der Waals surface area contributed by atoms with E-state index in [1.54, 1.807) is 16.7 Å². The molecule has 0 saturated carbocycles. The van der Waals surface area contributed by atoms with Gasteiger partial charge in [-0.25, -0.2) is 4.39 Å². The molecule has 2 aromatic rings. The van der Waals surface area contributed by atoms with Gasteiger partial charge in [-0.05, 0) is 30.3 Å². The van der Waals surface area contributed by atoms with Crippen LogP contribution < -0.4 is 10.6 Å². The van der Waals surface area contributed by atoms with Gasteiger partial charge in [0.2, 0.25) is 0 Å². The second-order valence-electron chi connectivity index (χ2n) is 4.51. The molecule has 5 heteroatoms. The summed E-state index contributed by atoms with van der Waals surface area (Å²) in [6.07, 6.45) is 0. The summed E-state index contributed by atoms with van der Waals surface area (Å²) in [6.45, 7) is 0.637. The average Bonchev–Trinajstić information content (AvgIpc) is 2.49. The van der Waals surface area contributed by atoms with Crippen LogP contribution in [0.4, 0.5) is 15.8 Å². The third kappa shape index (κ3) is 2.25. The van der Waals surface area contributed by atoms with Gasteiger partial charge < -0.3 is 10.6 Å². The largest absolute Gasteiger partial charge is 0.396 e. The predicted octanol–water partition coefficient (Wildman–Crippen LogP) is 3.16. The Morgan fingerprint density at radius 2 is 2.05 bits per heavy atom. The number of rotatable bonds is 1. The Morgan fingerprint density at radius 3 is 2.85 bits per heavy atom. The number of thioether (sulfide) groups is 1. The van der Waals surface area contributed by atoms with Crippen molar-refractivity contribution in [2.75, 3.05) is 22.9 Å². The molecule has 3 nitrogen and oxygen atoms in total. The molecule has 0 fully saturated rings. The van der Waals surface area contributed by atoms with Crippen LogP contribution in [-0.4, -0.2) is 18.2 Å². The zero-order valence-electron chi connectivity index (χ0n) is 10.7. The van der Waals surface area contributed by atoms with Crippen molar-refractivity contribution in [2.24, 2.45) is 0 Å². The number of anilines is 2. The molecule has 1 aliphatic rings. The van der Waals surface area contributed by atoms with E-state index in [1.165, 1.54) is 18.2 Å². The first-order valence-electron chi connectivity index (χ1n) is 6.25. The number of nitrogens with two attached hydrogens (primary N) is 1. The maximum Gasteiger partial charge on any atom is 0.258 e. The van der Waals surface area contributed by atoms with Crippen LogP contribution in [0.25, 0.3) is 0 Å². The lowest BCUT2D eigenvalue weighted by atomic mass is 10.1. The summed E-state index contributed by atoms with van der Waals surface area (Å²) >= 11 is 1.73. The normalized spacial score (nSPS) is 13.9. The number of benzene rings is 2. The Kier molecular flexibility index (Phi) is 3.36. The molecule has 0 radical (unpaired) electrons. The van der Waals surface area contributed by atoms with Crippen LogP contribution in [0.5, 0.6) is 0 Å². The summed E-state index contributed by atoms with van der Waals surface area (Å²) in [6, 6.07) is 11.9. The molecule has 2 N–H and O–H groups in total. The van der Waals surface area contributed by atoms with Crippen LogP contribution in [0, 0.1) is 5.82 Å². The molecule has 2 aromatic carbocycles. The first-order chi connectivity index (χ1) is 9.66. The van der Waals surface area contributed by atoms with E-state index in [9.17, 15) is 9.18 Å². The van der Waals surface area contributed by atoms with Gasteiger partial charge in [0.25, 0.3) is 5.91 Å². The Bertz CT molecular complexity index is 675. The third-order valence-electron chi connectivity index (χ3n) is 3.22. The second kappa shape index (κ2) is 5.17. The molecule has 0 atom stereocenters. The van der Waals surface area contributed by atoms with Gasteiger partial charge in [0.15, 0.2) is 0 Å². The first-order valence-corrected chi connectivity index (χ1v) is 7.24. The summed E-state index contributed by atoms with van der Waals surface area (Å²) in [5.41, 5.74) is 6.84. The smallest absolute Gasteiger partial charge is 0.258 e. The Labute approximate surface area is 120 Å². The number of carbonyl (C=O) groups excluding carboxylic acids is 1. The molecular weight excluding hydrogens is 275 g/mol.